The summed E-state index contributed by atoms with van der Waals surface area (Å²) in [6.45, 7) is 3.88. The van der Waals surface area contributed by atoms with Crippen LogP contribution in [-0.4, -0.2) is 4.98 Å². The highest BCUT2D eigenvalue weighted by Crippen LogP contribution is 2.05. The maximum Gasteiger partial charge on any atom is 0.0541 e. The first-order chi connectivity index (χ1) is 8.38. The highest BCUT2D eigenvalue weighted by atomic mass is 14.9. The summed E-state index contributed by atoms with van der Waals surface area (Å²) in [5.41, 5.74) is 3.79. The van der Waals surface area contributed by atoms with Gasteiger partial charge in [0.15, 0.2) is 0 Å². The molecule has 1 aromatic carbocycles. The first-order valence-electron chi connectivity index (χ1n) is 6.07. The topological polar surface area (TPSA) is 24.9 Å². The maximum atomic E-state index is 4.27. The van der Waals surface area contributed by atoms with Gasteiger partial charge < -0.3 is 5.32 Å². The smallest absolute Gasteiger partial charge is 0.0541 e. The van der Waals surface area contributed by atoms with Gasteiger partial charge in [0.2, 0.25) is 0 Å². The van der Waals surface area contributed by atoms with Crippen LogP contribution in [0.1, 0.15) is 23.7 Å². The second kappa shape index (κ2) is 6.16. The number of pyridine rings is 1. The zero-order valence-corrected chi connectivity index (χ0v) is 10.2. The van der Waals surface area contributed by atoms with Gasteiger partial charge in [0, 0.05) is 19.3 Å². The Morgan fingerprint density at radius 1 is 0.941 bits per heavy atom. The van der Waals surface area contributed by atoms with Crippen molar-refractivity contribution in [3.8, 4) is 0 Å². The highest BCUT2D eigenvalue weighted by molar-refractivity contribution is 5.22. The first kappa shape index (κ1) is 11.8. The van der Waals surface area contributed by atoms with Crippen LogP contribution in [0.3, 0.4) is 0 Å². The molecule has 0 unspecified atom stereocenters. The fraction of sp³-hybridized carbons (Fsp3) is 0.267. The number of hydrogen-bond donors (Lipinski definition) is 1. The van der Waals surface area contributed by atoms with Crippen molar-refractivity contribution in [2.45, 2.75) is 26.4 Å². The van der Waals surface area contributed by atoms with Gasteiger partial charge in [-0.3, -0.25) is 4.98 Å². The zero-order valence-electron chi connectivity index (χ0n) is 10.2. The SMILES string of the molecule is CCc1ccc(CNCc2ccccn2)cc1. The summed E-state index contributed by atoms with van der Waals surface area (Å²) in [7, 11) is 0. The lowest BCUT2D eigenvalue weighted by molar-refractivity contribution is 0.679. The summed E-state index contributed by atoms with van der Waals surface area (Å²) >= 11 is 0. The molecule has 17 heavy (non-hydrogen) atoms. The number of rotatable bonds is 5. The van der Waals surface area contributed by atoms with Gasteiger partial charge in [-0.05, 0) is 29.7 Å². The molecule has 0 amide bonds. The second-order valence-electron chi connectivity index (χ2n) is 4.09. The van der Waals surface area contributed by atoms with Crippen LogP contribution in [0, 0.1) is 0 Å². The lowest BCUT2D eigenvalue weighted by Crippen LogP contribution is -2.13. The third-order valence-corrected chi connectivity index (χ3v) is 2.79. The molecular formula is C15H18N2. The Labute approximate surface area is 103 Å². The third kappa shape index (κ3) is 3.68. The number of nitrogens with zero attached hydrogens (tertiary/aromatic N) is 1. The molecule has 0 aliphatic carbocycles. The molecule has 0 atom stereocenters. The molecule has 0 aliphatic rings. The molecule has 2 rings (SSSR count). The molecule has 1 N–H and O–H groups in total. The van der Waals surface area contributed by atoms with Gasteiger partial charge in [0.05, 0.1) is 5.69 Å². The molecule has 0 saturated heterocycles. The summed E-state index contributed by atoms with van der Waals surface area (Å²) in [4.78, 5) is 4.27. The summed E-state index contributed by atoms with van der Waals surface area (Å²) < 4.78 is 0. The molecular weight excluding hydrogens is 208 g/mol. The minimum atomic E-state index is 0.816. The molecule has 0 radical (unpaired) electrons. The lowest BCUT2D eigenvalue weighted by atomic mass is 10.1. The van der Waals surface area contributed by atoms with Crippen molar-refractivity contribution in [2.24, 2.45) is 0 Å². The number of aromatic nitrogens is 1. The Bertz CT molecular complexity index is 434. The van der Waals surface area contributed by atoms with Crippen molar-refractivity contribution < 1.29 is 0 Å². The Morgan fingerprint density at radius 3 is 2.35 bits per heavy atom. The number of aryl methyl sites for hydroxylation is 1. The molecule has 1 aromatic heterocycles. The zero-order chi connectivity index (χ0) is 11.9. The Hall–Kier alpha value is -1.67. The summed E-state index contributed by atoms with van der Waals surface area (Å²) in [6.07, 6.45) is 2.93. The van der Waals surface area contributed by atoms with E-state index in [1.807, 2.05) is 24.4 Å². The standard InChI is InChI=1S/C15H18N2/c1-2-13-6-8-14(9-7-13)11-16-12-15-5-3-4-10-17-15/h3-10,16H,2,11-12H2,1H3. The molecule has 2 aromatic rings. The van der Waals surface area contributed by atoms with E-state index in [0.717, 1.165) is 25.2 Å². The van der Waals surface area contributed by atoms with E-state index in [4.69, 9.17) is 0 Å². The van der Waals surface area contributed by atoms with Crippen LogP contribution in [0.2, 0.25) is 0 Å². The van der Waals surface area contributed by atoms with Crippen LogP contribution < -0.4 is 5.32 Å². The van der Waals surface area contributed by atoms with Crippen molar-refractivity contribution in [1.29, 1.82) is 0 Å². The van der Waals surface area contributed by atoms with Gasteiger partial charge in [-0.15, -0.1) is 0 Å². The molecule has 2 heteroatoms. The Balaban J connectivity index is 1.82. The van der Waals surface area contributed by atoms with E-state index in [-0.39, 0.29) is 0 Å². The molecule has 1 heterocycles. The second-order valence-corrected chi connectivity index (χ2v) is 4.09. The fourth-order valence-electron chi connectivity index (χ4n) is 1.73. The van der Waals surface area contributed by atoms with Gasteiger partial charge in [0.1, 0.15) is 0 Å². The van der Waals surface area contributed by atoms with Gasteiger partial charge >= 0.3 is 0 Å². The minimum Gasteiger partial charge on any atom is -0.307 e. The number of hydrogen-bond acceptors (Lipinski definition) is 2. The maximum absolute atomic E-state index is 4.27. The summed E-state index contributed by atoms with van der Waals surface area (Å²) in [6, 6.07) is 14.7. The van der Waals surface area contributed by atoms with Crippen LogP contribution in [0.5, 0.6) is 0 Å². The van der Waals surface area contributed by atoms with Gasteiger partial charge in [-0.25, -0.2) is 0 Å². The highest BCUT2D eigenvalue weighted by Gasteiger charge is 1.95. The van der Waals surface area contributed by atoms with Crippen LogP contribution in [0.15, 0.2) is 48.7 Å². The Kier molecular flexibility index (Phi) is 4.28. The summed E-state index contributed by atoms with van der Waals surface area (Å²) in [5, 5.41) is 3.39. The van der Waals surface area contributed by atoms with Gasteiger partial charge in [0.25, 0.3) is 0 Å². The van der Waals surface area contributed by atoms with E-state index in [1.54, 1.807) is 0 Å². The molecule has 88 valence electrons. The molecule has 2 nitrogen and oxygen atoms in total. The van der Waals surface area contributed by atoms with E-state index >= 15 is 0 Å². The average Bonchev–Trinajstić information content (AvgIpc) is 2.41. The number of nitrogens with one attached hydrogen (secondary N) is 1. The van der Waals surface area contributed by atoms with Crippen LogP contribution >= 0.6 is 0 Å². The van der Waals surface area contributed by atoms with Gasteiger partial charge in [-0.1, -0.05) is 37.3 Å². The summed E-state index contributed by atoms with van der Waals surface area (Å²) in [5.74, 6) is 0. The van der Waals surface area contributed by atoms with E-state index in [0.29, 0.717) is 0 Å². The van der Waals surface area contributed by atoms with Crippen molar-refractivity contribution in [2.75, 3.05) is 0 Å². The van der Waals surface area contributed by atoms with Gasteiger partial charge in [-0.2, -0.15) is 0 Å². The average molecular weight is 226 g/mol. The lowest BCUT2D eigenvalue weighted by Gasteiger charge is -2.05. The normalized spacial score (nSPS) is 10.4. The molecule has 0 fully saturated rings. The molecule has 0 saturated carbocycles. The van der Waals surface area contributed by atoms with E-state index in [1.165, 1.54) is 11.1 Å². The number of benzene rings is 1. The molecule has 0 aliphatic heterocycles. The largest absolute Gasteiger partial charge is 0.307 e. The quantitative estimate of drug-likeness (QED) is 0.848. The van der Waals surface area contributed by atoms with Crippen molar-refractivity contribution in [3.63, 3.8) is 0 Å². The van der Waals surface area contributed by atoms with Crippen LogP contribution in [0.25, 0.3) is 0 Å². The van der Waals surface area contributed by atoms with E-state index < -0.39 is 0 Å². The predicted octanol–water partition coefficient (Wildman–Crippen LogP) is 2.93. The van der Waals surface area contributed by atoms with Crippen molar-refractivity contribution >= 4 is 0 Å². The van der Waals surface area contributed by atoms with E-state index in [2.05, 4.69) is 41.5 Å². The Morgan fingerprint density at radius 2 is 1.71 bits per heavy atom. The molecule has 0 spiro atoms. The monoisotopic (exact) mass is 226 g/mol. The van der Waals surface area contributed by atoms with Crippen molar-refractivity contribution in [3.05, 3.63) is 65.5 Å². The minimum absolute atomic E-state index is 0.816. The molecule has 0 bridgehead atoms. The third-order valence-electron chi connectivity index (χ3n) is 2.79. The fourth-order valence-corrected chi connectivity index (χ4v) is 1.73. The van der Waals surface area contributed by atoms with Crippen LogP contribution in [0.4, 0.5) is 0 Å². The van der Waals surface area contributed by atoms with E-state index in [9.17, 15) is 0 Å². The van der Waals surface area contributed by atoms with Crippen LogP contribution in [-0.2, 0) is 19.5 Å². The van der Waals surface area contributed by atoms with Crippen molar-refractivity contribution in [1.82, 2.24) is 10.3 Å². The first-order valence-corrected chi connectivity index (χ1v) is 6.07. The predicted molar refractivity (Wildman–Crippen MR) is 70.6 cm³/mol.